The fourth-order valence-corrected chi connectivity index (χ4v) is 0.796. The predicted molar refractivity (Wildman–Crippen MR) is 41.4 cm³/mol. The molecule has 1 amide bonds. The number of carbonyl (C=O) groups is 1. The average Bonchev–Trinajstić information content (AvgIpc) is 2.33. The van der Waals surface area contributed by atoms with Crippen LogP contribution in [0, 0.1) is 6.92 Å². The summed E-state index contributed by atoms with van der Waals surface area (Å²) in [6.07, 6.45) is 3.26. The molecule has 0 aliphatic rings. The largest absolute Gasteiger partial charge is 0.330 e. The number of hydrogen-bond acceptors (Lipinski definition) is 2. The zero-order chi connectivity index (χ0) is 8.43. The van der Waals surface area contributed by atoms with Gasteiger partial charge in [0.15, 0.2) is 0 Å². The summed E-state index contributed by atoms with van der Waals surface area (Å²) in [6.45, 7) is 1.79. The van der Waals surface area contributed by atoms with Gasteiger partial charge in [-0.3, -0.25) is 4.57 Å². The number of aryl methyl sites for hydroxylation is 1. The fourth-order valence-electron chi connectivity index (χ4n) is 0.796. The average molecular weight is 153 g/mol. The van der Waals surface area contributed by atoms with Crippen molar-refractivity contribution in [1.82, 2.24) is 14.5 Å². The minimum atomic E-state index is -0.0694. The molecular formula is C7H11N3O. The van der Waals surface area contributed by atoms with Crippen molar-refractivity contribution in [1.29, 1.82) is 0 Å². The number of carbonyl (C=O) groups excluding carboxylic acids is 1. The van der Waals surface area contributed by atoms with Gasteiger partial charge in [0.25, 0.3) is 0 Å². The zero-order valence-corrected chi connectivity index (χ0v) is 6.90. The third kappa shape index (κ3) is 1.39. The smallest absolute Gasteiger partial charge is 0.329 e. The first-order valence-corrected chi connectivity index (χ1v) is 3.34. The third-order valence-electron chi connectivity index (χ3n) is 1.41. The Morgan fingerprint density at radius 3 is 2.64 bits per heavy atom. The van der Waals surface area contributed by atoms with Gasteiger partial charge in [0, 0.05) is 26.5 Å². The highest BCUT2D eigenvalue weighted by molar-refractivity contribution is 5.76. The molecule has 0 aromatic carbocycles. The Labute approximate surface area is 65.5 Å². The number of aromatic nitrogens is 2. The van der Waals surface area contributed by atoms with Crippen molar-refractivity contribution in [2.24, 2.45) is 0 Å². The predicted octanol–water partition coefficient (Wildman–Crippen LogP) is 0.721. The van der Waals surface area contributed by atoms with Crippen LogP contribution in [0.25, 0.3) is 0 Å². The van der Waals surface area contributed by atoms with Gasteiger partial charge in [-0.2, -0.15) is 0 Å². The molecule has 0 radical (unpaired) electrons. The summed E-state index contributed by atoms with van der Waals surface area (Å²) < 4.78 is 1.50. The van der Waals surface area contributed by atoms with Crippen LogP contribution < -0.4 is 0 Å². The molecule has 0 aliphatic heterocycles. The van der Waals surface area contributed by atoms with Crippen molar-refractivity contribution in [2.45, 2.75) is 6.92 Å². The van der Waals surface area contributed by atoms with Crippen LogP contribution in [0.3, 0.4) is 0 Å². The molecule has 0 aliphatic carbocycles. The van der Waals surface area contributed by atoms with Gasteiger partial charge < -0.3 is 4.90 Å². The highest BCUT2D eigenvalue weighted by Crippen LogP contribution is 1.96. The minimum absolute atomic E-state index is 0.0694. The molecule has 0 spiro atoms. The van der Waals surface area contributed by atoms with E-state index in [4.69, 9.17) is 0 Å². The molecule has 0 bridgehead atoms. The lowest BCUT2D eigenvalue weighted by molar-refractivity contribution is 0.218. The van der Waals surface area contributed by atoms with E-state index < -0.39 is 0 Å². The van der Waals surface area contributed by atoms with Crippen molar-refractivity contribution in [2.75, 3.05) is 14.1 Å². The molecule has 4 heteroatoms. The maximum atomic E-state index is 11.3. The van der Waals surface area contributed by atoms with E-state index in [1.807, 2.05) is 0 Å². The summed E-state index contributed by atoms with van der Waals surface area (Å²) in [7, 11) is 3.42. The van der Waals surface area contributed by atoms with Gasteiger partial charge in [0.2, 0.25) is 0 Å². The first kappa shape index (κ1) is 7.78. The molecule has 60 valence electrons. The molecule has 1 heterocycles. The van der Waals surface area contributed by atoms with Gasteiger partial charge in [0.05, 0.1) is 0 Å². The number of rotatable bonds is 0. The molecule has 0 saturated carbocycles. The molecule has 0 N–H and O–H groups in total. The Kier molecular flexibility index (Phi) is 1.94. The van der Waals surface area contributed by atoms with E-state index >= 15 is 0 Å². The summed E-state index contributed by atoms with van der Waals surface area (Å²) >= 11 is 0. The summed E-state index contributed by atoms with van der Waals surface area (Å²) in [6, 6.07) is -0.0694. The lowest BCUT2D eigenvalue weighted by atomic mass is 10.6. The minimum Gasteiger partial charge on any atom is -0.330 e. The molecule has 0 saturated heterocycles. The van der Waals surface area contributed by atoms with Crippen molar-refractivity contribution in [3.05, 3.63) is 18.2 Å². The second-order valence-electron chi connectivity index (χ2n) is 2.52. The van der Waals surface area contributed by atoms with Crippen LogP contribution in [0.1, 0.15) is 5.82 Å². The Hall–Kier alpha value is -1.32. The van der Waals surface area contributed by atoms with E-state index in [1.165, 1.54) is 9.47 Å². The zero-order valence-electron chi connectivity index (χ0n) is 6.90. The maximum Gasteiger partial charge on any atom is 0.329 e. The van der Waals surface area contributed by atoms with E-state index in [0.717, 1.165) is 0 Å². The highest BCUT2D eigenvalue weighted by Gasteiger charge is 2.07. The fraction of sp³-hybridized carbons (Fsp3) is 0.429. The van der Waals surface area contributed by atoms with E-state index in [9.17, 15) is 4.79 Å². The Bertz CT molecular complexity index is 264. The molecule has 1 rings (SSSR count). The molecule has 1 aromatic rings. The van der Waals surface area contributed by atoms with E-state index in [2.05, 4.69) is 4.98 Å². The monoisotopic (exact) mass is 153 g/mol. The van der Waals surface area contributed by atoms with Crippen LogP contribution in [0.2, 0.25) is 0 Å². The van der Waals surface area contributed by atoms with Crippen molar-refractivity contribution < 1.29 is 4.79 Å². The van der Waals surface area contributed by atoms with Crippen LogP contribution in [0.5, 0.6) is 0 Å². The van der Waals surface area contributed by atoms with E-state index in [1.54, 1.807) is 33.4 Å². The quantitative estimate of drug-likeness (QED) is 0.551. The molecule has 1 aromatic heterocycles. The second kappa shape index (κ2) is 2.74. The van der Waals surface area contributed by atoms with Crippen LogP contribution in [0.4, 0.5) is 4.79 Å². The number of hydrogen-bond donors (Lipinski definition) is 0. The summed E-state index contributed by atoms with van der Waals surface area (Å²) in [5, 5.41) is 0. The molecule has 4 nitrogen and oxygen atoms in total. The molecule has 0 fully saturated rings. The molecule has 0 unspecified atom stereocenters. The number of imidazole rings is 1. The Morgan fingerprint density at radius 2 is 2.27 bits per heavy atom. The molecule has 11 heavy (non-hydrogen) atoms. The van der Waals surface area contributed by atoms with E-state index in [0.29, 0.717) is 5.82 Å². The summed E-state index contributed by atoms with van der Waals surface area (Å²) in [4.78, 5) is 16.7. The van der Waals surface area contributed by atoms with Gasteiger partial charge in [0.1, 0.15) is 5.82 Å². The summed E-state index contributed by atoms with van der Waals surface area (Å²) in [5.74, 6) is 0.712. The topological polar surface area (TPSA) is 38.1 Å². The third-order valence-corrected chi connectivity index (χ3v) is 1.41. The molecule has 0 atom stereocenters. The Balaban J connectivity index is 2.93. The second-order valence-corrected chi connectivity index (χ2v) is 2.52. The normalized spacial score (nSPS) is 9.73. The number of amides is 1. The van der Waals surface area contributed by atoms with Crippen LogP contribution in [-0.4, -0.2) is 34.6 Å². The Morgan fingerprint density at radius 1 is 1.64 bits per heavy atom. The lowest BCUT2D eigenvalue weighted by Crippen LogP contribution is -2.27. The number of nitrogens with zero attached hydrogens (tertiary/aromatic N) is 3. The van der Waals surface area contributed by atoms with Crippen molar-refractivity contribution in [3.8, 4) is 0 Å². The first-order chi connectivity index (χ1) is 5.13. The van der Waals surface area contributed by atoms with Crippen molar-refractivity contribution >= 4 is 6.03 Å². The maximum absolute atomic E-state index is 11.3. The van der Waals surface area contributed by atoms with E-state index in [-0.39, 0.29) is 6.03 Å². The molecular weight excluding hydrogens is 142 g/mol. The van der Waals surface area contributed by atoms with Crippen molar-refractivity contribution in [3.63, 3.8) is 0 Å². The van der Waals surface area contributed by atoms with Gasteiger partial charge in [-0.15, -0.1) is 0 Å². The lowest BCUT2D eigenvalue weighted by Gasteiger charge is -2.10. The summed E-state index contributed by atoms with van der Waals surface area (Å²) in [5.41, 5.74) is 0. The first-order valence-electron chi connectivity index (χ1n) is 3.34. The van der Waals surface area contributed by atoms with Gasteiger partial charge in [-0.1, -0.05) is 0 Å². The van der Waals surface area contributed by atoms with Crippen LogP contribution in [0.15, 0.2) is 12.4 Å². The highest BCUT2D eigenvalue weighted by atomic mass is 16.2. The van der Waals surface area contributed by atoms with Crippen LogP contribution in [-0.2, 0) is 0 Å². The van der Waals surface area contributed by atoms with Crippen LogP contribution >= 0.6 is 0 Å². The van der Waals surface area contributed by atoms with Gasteiger partial charge >= 0.3 is 6.03 Å². The van der Waals surface area contributed by atoms with Gasteiger partial charge in [-0.05, 0) is 6.92 Å². The SMILES string of the molecule is Cc1nccn1C(=O)N(C)C. The standard InChI is InChI=1S/C7H11N3O/c1-6-8-4-5-10(6)7(11)9(2)3/h4-5H,1-3H3. The van der Waals surface area contributed by atoms with Gasteiger partial charge in [-0.25, -0.2) is 9.78 Å².